The lowest BCUT2D eigenvalue weighted by Crippen LogP contribution is -2.24. The van der Waals surface area contributed by atoms with E-state index < -0.39 is 12.1 Å². The highest BCUT2D eigenvalue weighted by molar-refractivity contribution is 5.95. The van der Waals surface area contributed by atoms with Crippen molar-refractivity contribution in [1.29, 1.82) is 5.41 Å². The molecule has 144 valence electrons. The van der Waals surface area contributed by atoms with Crippen LogP contribution in [0.15, 0.2) is 65.7 Å². The Labute approximate surface area is 160 Å². The predicted molar refractivity (Wildman–Crippen MR) is 104 cm³/mol. The number of aliphatic hydroxyl groups is 1. The Morgan fingerprint density at radius 2 is 1.57 bits per heavy atom. The minimum Gasteiger partial charge on any atom is -0.467 e. The van der Waals surface area contributed by atoms with E-state index in [0.717, 1.165) is 5.56 Å². The van der Waals surface area contributed by atoms with Gasteiger partial charge in [-0.25, -0.2) is 9.59 Å². The SMILES string of the molecule is COC(=O)C(O)Cc1ccc(-n2ccn(-c3ccc(C(=N)N)cc3)c2=O)cc1. The number of aliphatic hydroxyl groups excluding tert-OH is 1. The summed E-state index contributed by atoms with van der Waals surface area (Å²) >= 11 is 0. The number of carbonyl (C=O) groups is 1. The second kappa shape index (κ2) is 7.93. The molecule has 0 saturated heterocycles. The summed E-state index contributed by atoms with van der Waals surface area (Å²) in [5.41, 5.74) is 7.84. The van der Waals surface area contributed by atoms with Crippen LogP contribution in [0.1, 0.15) is 11.1 Å². The van der Waals surface area contributed by atoms with E-state index in [-0.39, 0.29) is 17.9 Å². The first-order valence-electron chi connectivity index (χ1n) is 8.50. The summed E-state index contributed by atoms with van der Waals surface area (Å²) in [6.07, 6.45) is 2.21. The van der Waals surface area contributed by atoms with E-state index in [2.05, 4.69) is 4.74 Å². The number of nitrogens with one attached hydrogen (secondary N) is 1. The van der Waals surface area contributed by atoms with Crippen LogP contribution in [-0.4, -0.2) is 39.3 Å². The topological polar surface area (TPSA) is 123 Å². The number of hydrogen-bond acceptors (Lipinski definition) is 5. The molecule has 0 aliphatic rings. The zero-order valence-corrected chi connectivity index (χ0v) is 15.2. The van der Waals surface area contributed by atoms with Gasteiger partial charge in [0.25, 0.3) is 0 Å². The first-order valence-corrected chi connectivity index (χ1v) is 8.50. The van der Waals surface area contributed by atoms with Crippen molar-refractivity contribution in [3.8, 4) is 11.4 Å². The molecule has 28 heavy (non-hydrogen) atoms. The molecule has 3 aromatic rings. The Balaban J connectivity index is 1.82. The zero-order chi connectivity index (χ0) is 20.3. The van der Waals surface area contributed by atoms with Crippen LogP contribution in [0.2, 0.25) is 0 Å². The molecule has 0 spiro atoms. The number of imidazole rings is 1. The van der Waals surface area contributed by atoms with E-state index in [0.29, 0.717) is 16.9 Å². The van der Waals surface area contributed by atoms with Crippen LogP contribution in [0.3, 0.4) is 0 Å². The van der Waals surface area contributed by atoms with E-state index >= 15 is 0 Å². The van der Waals surface area contributed by atoms with Gasteiger partial charge in [-0.15, -0.1) is 0 Å². The third-order valence-electron chi connectivity index (χ3n) is 4.35. The molecule has 1 aromatic heterocycles. The summed E-state index contributed by atoms with van der Waals surface area (Å²) in [6, 6.07) is 13.8. The van der Waals surface area contributed by atoms with Crippen LogP contribution >= 0.6 is 0 Å². The fourth-order valence-corrected chi connectivity index (χ4v) is 2.81. The van der Waals surface area contributed by atoms with Crippen molar-refractivity contribution >= 4 is 11.8 Å². The molecule has 0 amide bonds. The van der Waals surface area contributed by atoms with Gasteiger partial charge in [0.15, 0.2) is 6.10 Å². The number of carbonyl (C=O) groups excluding carboxylic acids is 1. The van der Waals surface area contributed by atoms with Crippen LogP contribution in [0.25, 0.3) is 11.4 Å². The number of nitrogens with zero attached hydrogens (tertiary/aromatic N) is 2. The van der Waals surface area contributed by atoms with Gasteiger partial charge in [-0.1, -0.05) is 12.1 Å². The summed E-state index contributed by atoms with van der Waals surface area (Å²) in [5, 5.41) is 17.2. The minimum atomic E-state index is -1.22. The molecule has 0 aliphatic heterocycles. The lowest BCUT2D eigenvalue weighted by atomic mass is 10.1. The average Bonchev–Trinajstić information content (AvgIpc) is 3.09. The number of rotatable bonds is 6. The molecule has 4 N–H and O–H groups in total. The molecule has 8 heteroatoms. The number of hydrogen-bond donors (Lipinski definition) is 3. The van der Waals surface area contributed by atoms with Gasteiger partial charge < -0.3 is 15.6 Å². The fourth-order valence-electron chi connectivity index (χ4n) is 2.81. The number of aromatic nitrogens is 2. The number of nitrogen functional groups attached to an aromatic ring is 1. The van der Waals surface area contributed by atoms with Gasteiger partial charge >= 0.3 is 11.7 Å². The number of amidine groups is 1. The highest BCUT2D eigenvalue weighted by atomic mass is 16.5. The van der Waals surface area contributed by atoms with Crippen molar-refractivity contribution in [3.63, 3.8) is 0 Å². The molecule has 1 atom stereocenters. The van der Waals surface area contributed by atoms with E-state index in [1.807, 2.05) is 0 Å². The molecule has 8 nitrogen and oxygen atoms in total. The number of esters is 1. The van der Waals surface area contributed by atoms with E-state index in [4.69, 9.17) is 11.1 Å². The van der Waals surface area contributed by atoms with Crippen molar-refractivity contribution in [2.45, 2.75) is 12.5 Å². The third-order valence-corrected chi connectivity index (χ3v) is 4.35. The molecule has 0 aliphatic carbocycles. The Morgan fingerprint density at radius 3 is 2.04 bits per heavy atom. The van der Waals surface area contributed by atoms with E-state index in [9.17, 15) is 14.7 Å². The maximum Gasteiger partial charge on any atom is 0.337 e. The van der Waals surface area contributed by atoms with Crippen LogP contribution in [0, 0.1) is 5.41 Å². The smallest absolute Gasteiger partial charge is 0.337 e. The van der Waals surface area contributed by atoms with Gasteiger partial charge in [0, 0.05) is 24.4 Å². The van der Waals surface area contributed by atoms with Crippen LogP contribution in [0.4, 0.5) is 0 Å². The standard InChI is InChI=1S/C20H20N4O4/c1-28-19(26)17(25)12-13-2-6-15(7-3-13)23-10-11-24(20(23)27)16-8-4-14(5-9-16)18(21)22/h2-11,17,25H,12H2,1H3,(H3,21,22). The number of nitrogens with two attached hydrogens (primary N) is 1. The maximum absolute atomic E-state index is 12.7. The van der Waals surface area contributed by atoms with Crippen molar-refractivity contribution in [3.05, 3.63) is 82.5 Å². The molecule has 1 heterocycles. The minimum absolute atomic E-state index is 0.0334. The number of benzene rings is 2. The lowest BCUT2D eigenvalue weighted by molar-refractivity contribution is -0.150. The van der Waals surface area contributed by atoms with Gasteiger partial charge in [0.1, 0.15) is 5.84 Å². The second-order valence-corrected chi connectivity index (χ2v) is 6.19. The van der Waals surface area contributed by atoms with Crippen LogP contribution in [0.5, 0.6) is 0 Å². The summed E-state index contributed by atoms with van der Waals surface area (Å²) in [4.78, 5) is 24.0. The monoisotopic (exact) mass is 380 g/mol. The molecule has 3 rings (SSSR count). The van der Waals surface area contributed by atoms with Crippen molar-refractivity contribution in [2.24, 2.45) is 5.73 Å². The third kappa shape index (κ3) is 3.86. The highest BCUT2D eigenvalue weighted by Crippen LogP contribution is 2.12. The Bertz CT molecular complexity index is 1050. The molecular weight excluding hydrogens is 360 g/mol. The van der Waals surface area contributed by atoms with Gasteiger partial charge in [-0.2, -0.15) is 0 Å². The first-order chi connectivity index (χ1) is 13.4. The van der Waals surface area contributed by atoms with Crippen molar-refractivity contribution in [2.75, 3.05) is 7.11 Å². The van der Waals surface area contributed by atoms with Gasteiger partial charge in [0.2, 0.25) is 0 Å². The Morgan fingerprint density at radius 1 is 1.07 bits per heavy atom. The van der Waals surface area contributed by atoms with Gasteiger partial charge in [0.05, 0.1) is 18.5 Å². The lowest BCUT2D eigenvalue weighted by Gasteiger charge is -2.09. The normalized spacial score (nSPS) is 11.8. The largest absolute Gasteiger partial charge is 0.467 e. The predicted octanol–water partition coefficient (Wildman–Crippen LogP) is 0.989. The maximum atomic E-state index is 12.7. The molecular formula is C20H20N4O4. The fraction of sp³-hybridized carbons (Fsp3) is 0.150. The average molecular weight is 380 g/mol. The second-order valence-electron chi connectivity index (χ2n) is 6.19. The molecule has 0 saturated carbocycles. The summed E-state index contributed by atoms with van der Waals surface area (Å²) in [6.45, 7) is 0. The highest BCUT2D eigenvalue weighted by Gasteiger charge is 2.16. The summed E-state index contributed by atoms with van der Waals surface area (Å²) in [7, 11) is 1.22. The zero-order valence-electron chi connectivity index (χ0n) is 15.2. The molecule has 0 fully saturated rings. The Kier molecular flexibility index (Phi) is 5.42. The quantitative estimate of drug-likeness (QED) is 0.334. The summed E-state index contributed by atoms with van der Waals surface area (Å²) < 4.78 is 7.47. The van der Waals surface area contributed by atoms with Crippen molar-refractivity contribution in [1.82, 2.24) is 9.13 Å². The summed E-state index contributed by atoms with van der Waals surface area (Å²) in [5.74, 6) is -0.720. The van der Waals surface area contributed by atoms with Crippen LogP contribution < -0.4 is 11.4 Å². The Hall–Kier alpha value is -3.65. The number of ether oxygens (including phenoxy) is 1. The first kappa shape index (κ1) is 19.1. The molecule has 0 bridgehead atoms. The van der Waals surface area contributed by atoms with E-state index in [1.54, 1.807) is 60.9 Å². The molecule has 2 aromatic carbocycles. The molecule has 1 unspecified atom stereocenters. The molecule has 0 radical (unpaired) electrons. The van der Waals surface area contributed by atoms with Gasteiger partial charge in [-0.05, 0) is 42.0 Å². The van der Waals surface area contributed by atoms with E-state index in [1.165, 1.54) is 16.2 Å². The van der Waals surface area contributed by atoms with Crippen LogP contribution in [-0.2, 0) is 16.0 Å². The van der Waals surface area contributed by atoms with Gasteiger partial charge in [-0.3, -0.25) is 14.5 Å². The van der Waals surface area contributed by atoms with Crippen molar-refractivity contribution < 1.29 is 14.6 Å². The number of methoxy groups -OCH3 is 1.